The van der Waals surface area contributed by atoms with Crippen LogP contribution in [-0.2, 0) is 4.79 Å². The quantitative estimate of drug-likeness (QED) is 0.870. The molecule has 1 N–H and O–H groups in total. The molecule has 0 saturated heterocycles. The van der Waals surface area contributed by atoms with Crippen LogP contribution in [0.1, 0.15) is 5.69 Å². The summed E-state index contributed by atoms with van der Waals surface area (Å²) in [5, 5.41) is 8.47. The van der Waals surface area contributed by atoms with Gasteiger partial charge in [-0.1, -0.05) is 0 Å². The average molecular weight is 232 g/mol. The number of aromatic nitrogens is 2. The molecule has 0 bridgehead atoms. The Morgan fingerprint density at radius 2 is 2.12 bits per heavy atom. The molecule has 0 aliphatic heterocycles. The van der Waals surface area contributed by atoms with Crippen LogP contribution in [0.3, 0.4) is 0 Å². The van der Waals surface area contributed by atoms with Crippen LogP contribution >= 0.6 is 0 Å². The van der Waals surface area contributed by atoms with E-state index >= 15 is 0 Å². The number of aryl methyl sites for hydroxylation is 1. The Kier molecular flexibility index (Phi) is 3.09. The molecular formula is C12H12N2O3. The first-order chi connectivity index (χ1) is 8.15. The van der Waals surface area contributed by atoms with E-state index in [0.29, 0.717) is 5.75 Å². The number of hydrogen-bond donors (Lipinski definition) is 1. The molecule has 0 atom stereocenters. The predicted molar refractivity (Wildman–Crippen MR) is 61.4 cm³/mol. The zero-order chi connectivity index (χ0) is 12.3. The Morgan fingerprint density at radius 3 is 2.65 bits per heavy atom. The smallest absolute Gasteiger partial charge is 0.341 e. The molecule has 0 spiro atoms. The standard InChI is InChI=1S/C12H12N2O3/c1-9-6-14(8-13-9)10-2-4-11(5-3-10)17-7-12(15)16/h2-6,8H,7H2,1H3,(H,15,16). The van der Waals surface area contributed by atoms with Gasteiger partial charge in [0.1, 0.15) is 5.75 Å². The maximum atomic E-state index is 10.3. The molecule has 0 unspecified atom stereocenters. The third-order valence-electron chi connectivity index (χ3n) is 2.21. The van der Waals surface area contributed by atoms with Crippen molar-refractivity contribution in [2.45, 2.75) is 6.92 Å². The number of rotatable bonds is 4. The molecule has 1 aromatic carbocycles. The summed E-state index contributed by atoms with van der Waals surface area (Å²) in [6.07, 6.45) is 3.63. The Labute approximate surface area is 98.3 Å². The monoisotopic (exact) mass is 232 g/mol. The highest BCUT2D eigenvalue weighted by Crippen LogP contribution is 2.15. The topological polar surface area (TPSA) is 64.3 Å². The predicted octanol–water partition coefficient (Wildman–Crippen LogP) is 1.64. The molecular weight excluding hydrogens is 220 g/mol. The minimum atomic E-state index is -0.987. The number of aliphatic carboxylic acids is 1. The van der Waals surface area contributed by atoms with Gasteiger partial charge in [-0.15, -0.1) is 0 Å². The van der Waals surface area contributed by atoms with Crippen LogP contribution in [0, 0.1) is 6.92 Å². The molecule has 17 heavy (non-hydrogen) atoms. The van der Waals surface area contributed by atoms with Crippen molar-refractivity contribution in [2.24, 2.45) is 0 Å². The van der Waals surface area contributed by atoms with Crippen molar-refractivity contribution < 1.29 is 14.6 Å². The average Bonchev–Trinajstić information content (AvgIpc) is 2.74. The van der Waals surface area contributed by atoms with Crippen LogP contribution < -0.4 is 4.74 Å². The molecule has 1 aromatic heterocycles. The van der Waals surface area contributed by atoms with Crippen molar-refractivity contribution in [1.29, 1.82) is 0 Å². The van der Waals surface area contributed by atoms with Crippen molar-refractivity contribution in [3.63, 3.8) is 0 Å². The van der Waals surface area contributed by atoms with Gasteiger partial charge in [-0.3, -0.25) is 0 Å². The number of ether oxygens (including phenoxy) is 1. The van der Waals surface area contributed by atoms with E-state index in [2.05, 4.69) is 4.98 Å². The van der Waals surface area contributed by atoms with E-state index in [9.17, 15) is 4.79 Å². The normalized spacial score (nSPS) is 10.2. The molecule has 88 valence electrons. The summed E-state index contributed by atoms with van der Waals surface area (Å²) in [6.45, 7) is 1.59. The second-order valence-corrected chi connectivity index (χ2v) is 3.60. The van der Waals surface area contributed by atoms with E-state index in [1.807, 2.05) is 29.8 Å². The molecule has 0 fully saturated rings. The van der Waals surface area contributed by atoms with E-state index in [0.717, 1.165) is 11.4 Å². The van der Waals surface area contributed by atoms with Crippen LogP contribution in [0.4, 0.5) is 0 Å². The van der Waals surface area contributed by atoms with Crippen LogP contribution in [0.2, 0.25) is 0 Å². The summed E-state index contributed by atoms with van der Waals surface area (Å²) < 4.78 is 6.92. The first kappa shape index (κ1) is 11.2. The molecule has 2 rings (SSSR count). The fraction of sp³-hybridized carbons (Fsp3) is 0.167. The van der Waals surface area contributed by atoms with Gasteiger partial charge in [0, 0.05) is 11.9 Å². The Hall–Kier alpha value is -2.30. The molecule has 5 nitrogen and oxygen atoms in total. The van der Waals surface area contributed by atoms with Crippen LogP contribution in [0.15, 0.2) is 36.8 Å². The fourth-order valence-corrected chi connectivity index (χ4v) is 1.42. The number of carbonyl (C=O) groups is 1. The molecule has 0 aliphatic rings. The number of nitrogens with zero attached hydrogens (tertiary/aromatic N) is 2. The zero-order valence-corrected chi connectivity index (χ0v) is 9.33. The molecule has 0 saturated carbocycles. The van der Waals surface area contributed by atoms with E-state index in [-0.39, 0.29) is 6.61 Å². The lowest BCUT2D eigenvalue weighted by atomic mass is 10.3. The fourth-order valence-electron chi connectivity index (χ4n) is 1.42. The van der Waals surface area contributed by atoms with E-state index < -0.39 is 5.97 Å². The highest BCUT2D eigenvalue weighted by molar-refractivity contribution is 5.68. The first-order valence-electron chi connectivity index (χ1n) is 5.11. The number of carboxylic acids is 1. The molecule has 0 radical (unpaired) electrons. The minimum Gasteiger partial charge on any atom is -0.482 e. The largest absolute Gasteiger partial charge is 0.482 e. The summed E-state index contributed by atoms with van der Waals surface area (Å²) in [7, 11) is 0. The second-order valence-electron chi connectivity index (χ2n) is 3.60. The van der Waals surface area contributed by atoms with Gasteiger partial charge in [0.2, 0.25) is 0 Å². The lowest BCUT2D eigenvalue weighted by Crippen LogP contribution is -2.09. The van der Waals surface area contributed by atoms with Crippen molar-refractivity contribution in [3.05, 3.63) is 42.5 Å². The number of hydrogen-bond acceptors (Lipinski definition) is 3. The third kappa shape index (κ3) is 2.84. The zero-order valence-electron chi connectivity index (χ0n) is 9.33. The van der Waals surface area contributed by atoms with Crippen LogP contribution in [-0.4, -0.2) is 27.2 Å². The van der Waals surface area contributed by atoms with Gasteiger partial charge >= 0.3 is 5.97 Å². The number of imidazole rings is 1. The summed E-state index contributed by atoms with van der Waals surface area (Å²) in [6, 6.07) is 7.15. The highest BCUT2D eigenvalue weighted by Gasteiger charge is 2.01. The Balaban J connectivity index is 2.10. The molecule has 5 heteroatoms. The van der Waals surface area contributed by atoms with Gasteiger partial charge in [-0.05, 0) is 31.2 Å². The maximum absolute atomic E-state index is 10.3. The maximum Gasteiger partial charge on any atom is 0.341 e. The van der Waals surface area contributed by atoms with Gasteiger partial charge in [-0.2, -0.15) is 0 Å². The lowest BCUT2D eigenvalue weighted by molar-refractivity contribution is -0.139. The van der Waals surface area contributed by atoms with Crippen molar-refractivity contribution in [2.75, 3.05) is 6.61 Å². The van der Waals surface area contributed by atoms with E-state index in [1.54, 1.807) is 18.5 Å². The summed E-state index contributed by atoms with van der Waals surface area (Å²) in [4.78, 5) is 14.5. The van der Waals surface area contributed by atoms with E-state index in [1.165, 1.54) is 0 Å². The first-order valence-corrected chi connectivity index (χ1v) is 5.11. The third-order valence-corrected chi connectivity index (χ3v) is 2.21. The summed E-state index contributed by atoms with van der Waals surface area (Å²) in [5.41, 5.74) is 1.89. The number of benzene rings is 1. The Bertz CT molecular complexity index is 517. The summed E-state index contributed by atoms with van der Waals surface area (Å²) in [5.74, 6) is -0.452. The van der Waals surface area contributed by atoms with E-state index in [4.69, 9.17) is 9.84 Å². The van der Waals surface area contributed by atoms with Gasteiger partial charge in [0.15, 0.2) is 6.61 Å². The Morgan fingerprint density at radius 1 is 1.41 bits per heavy atom. The SMILES string of the molecule is Cc1cn(-c2ccc(OCC(=O)O)cc2)cn1. The van der Waals surface area contributed by atoms with Crippen LogP contribution in [0.5, 0.6) is 5.75 Å². The molecule has 2 aromatic rings. The molecule has 1 heterocycles. The lowest BCUT2D eigenvalue weighted by Gasteiger charge is -2.05. The molecule has 0 amide bonds. The van der Waals surface area contributed by atoms with Gasteiger partial charge in [0.05, 0.1) is 12.0 Å². The molecule has 0 aliphatic carbocycles. The minimum absolute atomic E-state index is 0.330. The van der Waals surface area contributed by atoms with Gasteiger partial charge < -0.3 is 14.4 Å². The van der Waals surface area contributed by atoms with Crippen molar-refractivity contribution >= 4 is 5.97 Å². The van der Waals surface area contributed by atoms with Gasteiger partial charge in [-0.25, -0.2) is 9.78 Å². The van der Waals surface area contributed by atoms with Crippen LogP contribution in [0.25, 0.3) is 5.69 Å². The second kappa shape index (κ2) is 4.69. The van der Waals surface area contributed by atoms with Crippen molar-refractivity contribution in [1.82, 2.24) is 9.55 Å². The highest BCUT2D eigenvalue weighted by atomic mass is 16.5. The van der Waals surface area contributed by atoms with Crippen molar-refractivity contribution in [3.8, 4) is 11.4 Å². The summed E-state index contributed by atoms with van der Waals surface area (Å²) >= 11 is 0. The van der Waals surface area contributed by atoms with Gasteiger partial charge in [0.25, 0.3) is 0 Å². The number of carboxylic acid groups (broad SMARTS) is 1.